The van der Waals surface area contributed by atoms with E-state index in [4.69, 9.17) is 16.0 Å². The van der Waals surface area contributed by atoms with Gasteiger partial charge in [0.15, 0.2) is 28.5 Å². The molecule has 0 saturated heterocycles. The number of aryl methyl sites for hydroxylation is 3. The molecule has 4 aromatic heterocycles. The quantitative estimate of drug-likeness (QED) is 0.0915. The molecule has 2 aliphatic heterocycles. The van der Waals surface area contributed by atoms with Crippen molar-refractivity contribution in [3.63, 3.8) is 0 Å². The minimum Gasteiger partial charge on any atom is -0.455 e. The maximum Gasteiger partial charge on any atom is 0.304 e. The lowest BCUT2D eigenvalue weighted by atomic mass is 9.77. The number of fused-ring (bicyclic) bond motifs is 15. The Hall–Kier alpha value is -5.33. The Kier molecular flexibility index (Phi) is 9.58. The molecule has 0 aliphatic carbocycles. The van der Waals surface area contributed by atoms with E-state index in [-0.39, 0.29) is 17.9 Å². The summed E-state index contributed by atoms with van der Waals surface area (Å²) in [6.07, 6.45) is 12.4. The van der Waals surface area contributed by atoms with Gasteiger partial charge in [0.2, 0.25) is 11.7 Å². The van der Waals surface area contributed by atoms with Crippen molar-refractivity contribution in [2.45, 2.75) is 106 Å². The van der Waals surface area contributed by atoms with E-state index in [2.05, 4.69) is 161 Å². The maximum absolute atomic E-state index is 7.07. The molecular weight excluding hydrogens is 737 g/mol. The van der Waals surface area contributed by atoms with E-state index in [0.29, 0.717) is 5.92 Å². The van der Waals surface area contributed by atoms with Crippen LogP contribution >= 0.6 is 0 Å². The molecule has 6 heterocycles. The van der Waals surface area contributed by atoms with Gasteiger partial charge in [0.1, 0.15) is 16.8 Å². The molecule has 7 aromatic rings. The Morgan fingerprint density at radius 2 is 1.75 bits per heavy atom. The summed E-state index contributed by atoms with van der Waals surface area (Å²) in [4.78, 5) is 4.81. The fraction of sp³-hybridized carbons (Fsp3) is 0.340. The predicted octanol–water partition coefficient (Wildman–Crippen LogP) is 12.4. The van der Waals surface area contributed by atoms with Gasteiger partial charge in [-0.3, -0.25) is 4.98 Å². The lowest BCUT2D eigenvalue weighted by Gasteiger charge is -2.32. The molecule has 2 unspecified atom stereocenters. The Balaban J connectivity index is 1.46. The van der Waals surface area contributed by atoms with Crippen LogP contribution in [0.5, 0.6) is 0 Å². The maximum atomic E-state index is 7.07. The number of hydrogen-bond acceptors (Lipinski definition) is 2. The zero-order valence-corrected chi connectivity index (χ0v) is 37.8. The molecule has 9 rings (SSSR count). The summed E-state index contributed by atoms with van der Waals surface area (Å²) in [5, 5.41) is 3.83. The second-order valence-electron chi connectivity index (χ2n) is 19.1. The number of allylic oxidation sites excluding steroid dienone is 4. The number of nitrogens with zero attached hydrogens (tertiary/aromatic N) is 4. The highest BCUT2D eigenvalue weighted by molar-refractivity contribution is 6.89. The lowest BCUT2D eigenvalue weighted by Crippen LogP contribution is -2.57. The molecule has 5 nitrogen and oxygen atoms in total. The van der Waals surface area contributed by atoms with Crippen LogP contribution in [0.15, 0.2) is 108 Å². The molecule has 0 spiro atoms. The van der Waals surface area contributed by atoms with Gasteiger partial charge in [-0.05, 0) is 92.0 Å². The zero-order valence-electron chi connectivity index (χ0n) is 36.8. The van der Waals surface area contributed by atoms with Crippen LogP contribution in [-0.2, 0) is 12.8 Å². The lowest BCUT2D eigenvalue weighted by molar-refractivity contribution is -0.723. The van der Waals surface area contributed by atoms with Gasteiger partial charge in [-0.25, -0.2) is 0 Å². The molecule has 0 radical (unpaired) electrons. The Bertz CT molecular complexity index is 2910. The number of rotatable bonds is 7. The average molecular weight is 797 g/mol. The second kappa shape index (κ2) is 14.4. The van der Waals surface area contributed by atoms with Crippen molar-refractivity contribution in [2.24, 2.45) is 11.8 Å². The fourth-order valence-corrected chi connectivity index (χ4v) is 12.2. The van der Waals surface area contributed by atoms with Crippen LogP contribution in [0, 0.1) is 25.7 Å². The molecule has 6 heteroatoms. The summed E-state index contributed by atoms with van der Waals surface area (Å²) in [5.41, 5.74) is 18.0. The van der Waals surface area contributed by atoms with Crippen molar-refractivity contribution >= 4 is 57.6 Å². The van der Waals surface area contributed by atoms with E-state index < -0.39 is 8.07 Å². The van der Waals surface area contributed by atoms with E-state index >= 15 is 0 Å². The van der Waals surface area contributed by atoms with E-state index in [1.165, 1.54) is 50.3 Å². The van der Waals surface area contributed by atoms with Crippen molar-refractivity contribution in [3.8, 4) is 22.6 Å². The molecule has 2 atom stereocenters. The van der Waals surface area contributed by atoms with Gasteiger partial charge in [-0.1, -0.05) is 108 Å². The number of aromatic nitrogens is 4. The largest absolute Gasteiger partial charge is 0.455 e. The van der Waals surface area contributed by atoms with Gasteiger partial charge >= 0.3 is 5.82 Å². The van der Waals surface area contributed by atoms with Crippen LogP contribution in [-0.4, -0.2) is 17.6 Å². The minimum atomic E-state index is -1.77. The third-order valence-electron chi connectivity index (χ3n) is 13.1. The van der Waals surface area contributed by atoms with Gasteiger partial charge in [-0.15, -0.1) is 0 Å². The molecular formula is C53H60N4OSi+2. The number of pyridine rings is 2. The van der Waals surface area contributed by atoms with E-state index in [9.17, 15) is 0 Å². The number of hydrogen-bond donors (Lipinski definition) is 0. The highest BCUT2D eigenvalue weighted by atomic mass is 28.3. The Morgan fingerprint density at radius 1 is 0.983 bits per heavy atom. The molecule has 0 bridgehead atoms. The molecule has 300 valence electrons. The molecule has 0 amide bonds. The Labute approximate surface area is 351 Å². The van der Waals surface area contributed by atoms with Crippen molar-refractivity contribution in [2.75, 3.05) is 0 Å². The Morgan fingerprint density at radius 3 is 2.46 bits per heavy atom. The summed E-state index contributed by atoms with van der Waals surface area (Å²) in [6, 6.07) is 23.1. The van der Waals surface area contributed by atoms with Crippen molar-refractivity contribution in [1.82, 2.24) is 9.55 Å². The monoisotopic (exact) mass is 796 g/mol. The normalized spacial score (nSPS) is 17.0. The topological polar surface area (TPSA) is 38.7 Å². The first-order valence-electron chi connectivity index (χ1n) is 21.8. The van der Waals surface area contributed by atoms with Gasteiger partial charge in [-0.2, -0.15) is 13.7 Å². The van der Waals surface area contributed by atoms with Crippen LogP contribution in [0.2, 0.25) is 19.6 Å². The SMILES string of the molecule is C=C/C(=C(\CC)n1c2[n+](c3ccncc31)C(=C)C1C(CCc3ccc4c(oc5ccc(C)cc54)c3-2)c2cc(C)ccc2-c2cc(CC(C)C)c([Si](C)(C)C)c[n+]21)C(C)C. The first-order valence-corrected chi connectivity index (χ1v) is 25.3. The van der Waals surface area contributed by atoms with Crippen LogP contribution in [0.4, 0.5) is 0 Å². The fourth-order valence-electron chi connectivity index (χ4n) is 10.6. The first kappa shape index (κ1) is 39.1. The molecule has 0 N–H and O–H groups in total. The second-order valence-corrected chi connectivity index (χ2v) is 24.1. The number of imidazole rings is 1. The average Bonchev–Trinajstić information content (AvgIpc) is 3.73. The molecule has 3 aromatic carbocycles. The number of furan rings is 1. The summed E-state index contributed by atoms with van der Waals surface area (Å²) in [5.74, 6) is 2.09. The van der Waals surface area contributed by atoms with Crippen molar-refractivity contribution < 1.29 is 13.6 Å². The highest BCUT2D eigenvalue weighted by Crippen LogP contribution is 2.48. The van der Waals surface area contributed by atoms with E-state index in [1.54, 1.807) is 5.19 Å². The van der Waals surface area contributed by atoms with Crippen LogP contribution in [0.1, 0.15) is 87.2 Å². The smallest absolute Gasteiger partial charge is 0.304 e. The van der Waals surface area contributed by atoms with Crippen LogP contribution in [0.25, 0.3) is 67.0 Å². The summed E-state index contributed by atoms with van der Waals surface area (Å²) in [7, 11) is -1.77. The van der Waals surface area contributed by atoms with Crippen molar-refractivity contribution in [3.05, 3.63) is 132 Å². The van der Waals surface area contributed by atoms with E-state index in [1.807, 2.05) is 12.4 Å². The third kappa shape index (κ3) is 6.20. The molecule has 0 saturated carbocycles. The number of benzene rings is 3. The first-order chi connectivity index (χ1) is 28.2. The van der Waals surface area contributed by atoms with Crippen LogP contribution in [0.3, 0.4) is 0 Å². The predicted molar refractivity (Wildman–Crippen MR) is 250 cm³/mol. The van der Waals surface area contributed by atoms with Gasteiger partial charge in [0.05, 0.1) is 20.2 Å². The minimum absolute atomic E-state index is 0.0420. The van der Waals surface area contributed by atoms with Gasteiger partial charge in [0, 0.05) is 46.3 Å². The summed E-state index contributed by atoms with van der Waals surface area (Å²) < 4.78 is 14.7. The highest BCUT2D eigenvalue weighted by Gasteiger charge is 2.49. The third-order valence-corrected chi connectivity index (χ3v) is 15.2. The molecule has 0 fully saturated rings. The summed E-state index contributed by atoms with van der Waals surface area (Å²) in [6.45, 7) is 33.1. The molecule has 59 heavy (non-hydrogen) atoms. The standard InChI is InChI=1S/C53H60N4OSi/c1-13-38(32(5)6)44(14-2)57-47-29-54-24-23-45(47)56-35(9)51-40(20-17-36-18-21-41-43-27-34(8)16-22-48(43)58-52(41)50(36)53(56)57)42-26-33(7)15-19-39(42)46-28-37(25-31(3)4)49(30-55(46)51)59(10,11)12/h13,15-16,18-19,21-24,26-32,40,51H,1,9,14,17,20,25H2,2-8,10-12H3/q+2/b44-38-. The molecule has 2 aliphatic rings. The summed E-state index contributed by atoms with van der Waals surface area (Å²) >= 11 is 0. The van der Waals surface area contributed by atoms with E-state index in [0.717, 1.165) is 75.7 Å². The van der Waals surface area contributed by atoms with Gasteiger partial charge in [0.25, 0.3) is 0 Å². The zero-order chi connectivity index (χ0) is 41.7. The van der Waals surface area contributed by atoms with Gasteiger partial charge < -0.3 is 4.42 Å². The van der Waals surface area contributed by atoms with Crippen LogP contribution < -0.4 is 14.3 Å². The van der Waals surface area contributed by atoms with Crippen molar-refractivity contribution in [1.29, 1.82) is 0 Å².